The minimum absolute atomic E-state index is 0.204. The van der Waals surface area contributed by atoms with Crippen molar-refractivity contribution in [3.8, 4) is 0 Å². The fourth-order valence-electron chi connectivity index (χ4n) is 1.99. The summed E-state index contributed by atoms with van der Waals surface area (Å²) in [6.45, 7) is 5.47. The van der Waals surface area contributed by atoms with E-state index in [-0.39, 0.29) is 5.78 Å². The average Bonchev–Trinajstić information content (AvgIpc) is 2.94. The van der Waals surface area contributed by atoms with Gasteiger partial charge in [-0.3, -0.25) is 4.79 Å². The van der Waals surface area contributed by atoms with Crippen LogP contribution in [-0.4, -0.2) is 18.9 Å². The van der Waals surface area contributed by atoms with Crippen LogP contribution in [0.15, 0.2) is 42.5 Å². The number of carbonyl (C=O) groups is 1. The second kappa shape index (κ2) is 6.53. The molecule has 1 heterocycles. The Morgan fingerprint density at radius 2 is 1.84 bits per heavy atom. The molecule has 1 aromatic heterocycles. The van der Waals surface area contributed by atoms with Crippen LogP contribution in [0.4, 0.5) is 5.69 Å². The second-order valence-electron chi connectivity index (χ2n) is 4.39. The van der Waals surface area contributed by atoms with Gasteiger partial charge < -0.3 is 4.90 Å². The topological polar surface area (TPSA) is 20.3 Å². The SMILES string of the molecule is CCc1ccc(C(=O)CN(CC)c2ccccc2)s1. The monoisotopic (exact) mass is 273 g/mol. The van der Waals surface area contributed by atoms with Crippen molar-refractivity contribution >= 4 is 22.8 Å². The van der Waals surface area contributed by atoms with E-state index in [0.717, 1.165) is 23.5 Å². The highest BCUT2D eigenvalue weighted by atomic mass is 32.1. The molecule has 0 radical (unpaired) electrons. The van der Waals surface area contributed by atoms with Gasteiger partial charge in [0, 0.05) is 17.1 Å². The predicted octanol–water partition coefficient (Wildman–Crippen LogP) is 4.02. The third kappa shape index (κ3) is 3.44. The number of thiophene rings is 1. The van der Waals surface area contributed by atoms with Gasteiger partial charge in [-0.1, -0.05) is 25.1 Å². The van der Waals surface area contributed by atoms with E-state index in [1.165, 1.54) is 4.88 Å². The first-order valence-electron chi connectivity index (χ1n) is 6.66. The molecule has 0 saturated heterocycles. The van der Waals surface area contributed by atoms with Gasteiger partial charge in [0.15, 0.2) is 5.78 Å². The zero-order chi connectivity index (χ0) is 13.7. The number of hydrogen-bond acceptors (Lipinski definition) is 3. The van der Waals surface area contributed by atoms with Gasteiger partial charge in [0.1, 0.15) is 0 Å². The number of para-hydroxylation sites is 1. The van der Waals surface area contributed by atoms with Crippen LogP contribution in [0.3, 0.4) is 0 Å². The van der Waals surface area contributed by atoms with Crippen LogP contribution in [0.1, 0.15) is 28.4 Å². The summed E-state index contributed by atoms with van der Waals surface area (Å²) in [4.78, 5) is 16.5. The molecule has 3 heteroatoms. The fraction of sp³-hybridized carbons (Fsp3) is 0.312. The van der Waals surface area contributed by atoms with Crippen molar-refractivity contribution in [2.75, 3.05) is 18.0 Å². The molecule has 0 aliphatic heterocycles. The van der Waals surface area contributed by atoms with E-state index in [1.807, 2.05) is 36.4 Å². The number of ketones is 1. The molecule has 2 nitrogen and oxygen atoms in total. The molecule has 2 rings (SSSR count). The van der Waals surface area contributed by atoms with Crippen molar-refractivity contribution in [3.63, 3.8) is 0 Å². The molecular weight excluding hydrogens is 254 g/mol. The van der Waals surface area contributed by atoms with Crippen molar-refractivity contribution in [2.45, 2.75) is 20.3 Å². The average molecular weight is 273 g/mol. The molecule has 0 saturated carbocycles. The van der Waals surface area contributed by atoms with E-state index >= 15 is 0 Å². The molecule has 0 unspecified atom stereocenters. The molecule has 0 spiro atoms. The van der Waals surface area contributed by atoms with Crippen LogP contribution in [0.5, 0.6) is 0 Å². The summed E-state index contributed by atoms with van der Waals surface area (Å²) in [5, 5.41) is 0. The molecule has 2 aromatic rings. The maximum atomic E-state index is 12.3. The van der Waals surface area contributed by atoms with Crippen LogP contribution in [0.25, 0.3) is 0 Å². The molecule has 0 aliphatic carbocycles. The number of Topliss-reactive ketones (excluding diaryl/α,β-unsaturated/α-hetero) is 1. The Labute approximate surface area is 118 Å². The summed E-state index contributed by atoms with van der Waals surface area (Å²) in [5.41, 5.74) is 1.10. The lowest BCUT2D eigenvalue weighted by Crippen LogP contribution is -2.29. The van der Waals surface area contributed by atoms with Crippen LogP contribution >= 0.6 is 11.3 Å². The van der Waals surface area contributed by atoms with Crippen LogP contribution < -0.4 is 4.90 Å². The largest absolute Gasteiger partial charge is 0.364 e. The van der Waals surface area contributed by atoms with Gasteiger partial charge in [-0.15, -0.1) is 11.3 Å². The van der Waals surface area contributed by atoms with Gasteiger partial charge in [-0.25, -0.2) is 0 Å². The molecular formula is C16H19NOS. The van der Waals surface area contributed by atoms with Crippen LogP contribution in [-0.2, 0) is 6.42 Å². The smallest absolute Gasteiger partial charge is 0.191 e. The Morgan fingerprint density at radius 1 is 1.11 bits per heavy atom. The van der Waals surface area contributed by atoms with Crippen molar-refractivity contribution in [3.05, 3.63) is 52.2 Å². The third-order valence-corrected chi connectivity index (χ3v) is 4.39. The first-order chi connectivity index (χ1) is 9.24. The van der Waals surface area contributed by atoms with E-state index in [1.54, 1.807) is 11.3 Å². The molecule has 0 N–H and O–H groups in total. The number of hydrogen-bond donors (Lipinski definition) is 0. The number of rotatable bonds is 6. The molecule has 100 valence electrons. The van der Waals surface area contributed by atoms with E-state index in [0.29, 0.717) is 6.54 Å². The second-order valence-corrected chi connectivity index (χ2v) is 5.56. The van der Waals surface area contributed by atoms with Gasteiger partial charge in [0.05, 0.1) is 11.4 Å². The Balaban J connectivity index is 2.08. The lowest BCUT2D eigenvalue weighted by molar-refractivity contribution is 0.100. The van der Waals surface area contributed by atoms with Crippen LogP contribution in [0.2, 0.25) is 0 Å². The Hall–Kier alpha value is -1.61. The number of likely N-dealkylation sites (N-methyl/N-ethyl adjacent to an activating group) is 1. The number of benzene rings is 1. The molecule has 19 heavy (non-hydrogen) atoms. The predicted molar refractivity (Wildman–Crippen MR) is 82.4 cm³/mol. The van der Waals surface area contributed by atoms with Gasteiger partial charge in [0.25, 0.3) is 0 Å². The molecule has 1 aromatic carbocycles. The summed E-state index contributed by atoms with van der Waals surface area (Å²) >= 11 is 1.61. The van der Waals surface area contributed by atoms with Gasteiger partial charge in [-0.2, -0.15) is 0 Å². The van der Waals surface area contributed by atoms with E-state index < -0.39 is 0 Å². The van der Waals surface area contributed by atoms with Crippen molar-refractivity contribution in [1.82, 2.24) is 0 Å². The van der Waals surface area contributed by atoms with Crippen molar-refractivity contribution in [1.29, 1.82) is 0 Å². The highest BCUT2D eigenvalue weighted by Gasteiger charge is 2.13. The Morgan fingerprint density at radius 3 is 2.42 bits per heavy atom. The molecule has 0 fully saturated rings. The van der Waals surface area contributed by atoms with E-state index in [2.05, 4.69) is 24.8 Å². The Kier molecular flexibility index (Phi) is 4.74. The summed E-state index contributed by atoms with van der Waals surface area (Å²) in [6, 6.07) is 14.1. The van der Waals surface area contributed by atoms with E-state index in [9.17, 15) is 4.79 Å². The number of nitrogens with zero attached hydrogens (tertiary/aromatic N) is 1. The third-order valence-electron chi connectivity index (χ3n) is 3.12. The quantitative estimate of drug-likeness (QED) is 0.741. The summed E-state index contributed by atoms with van der Waals surface area (Å²) in [6.07, 6.45) is 0.994. The summed E-state index contributed by atoms with van der Waals surface area (Å²) in [5.74, 6) is 0.204. The highest BCUT2D eigenvalue weighted by Crippen LogP contribution is 2.19. The molecule has 0 amide bonds. The fourth-order valence-corrected chi connectivity index (χ4v) is 2.87. The summed E-state index contributed by atoms with van der Waals surface area (Å²) < 4.78 is 0. The number of aryl methyl sites for hydroxylation is 1. The van der Waals surface area contributed by atoms with Gasteiger partial charge >= 0.3 is 0 Å². The zero-order valence-corrected chi connectivity index (χ0v) is 12.2. The van der Waals surface area contributed by atoms with Gasteiger partial charge in [0.2, 0.25) is 0 Å². The molecule has 0 atom stereocenters. The first-order valence-corrected chi connectivity index (χ1v) is 7.48. The standard InChI is InChI=1S/C16H19NOS/c1-3-14-10-11-16(19-14)15(18)12-17(4-2)13-8-6-5-7-9-13/h5-11H,3-4,12H2,1-2H3. The lowest BCUT2D eigenvalue weighted by Gasteiger charge is -2.21. The van der Waals surface area contributed by atoms with E-state index in [4.69, 9.17) is 0 Å². The lowest BCUT2D eigenvalue weighted by atomic mass is 10.2. The molecule has 0 aliphatic rings. The summed E-state index contributed by atoms with van der Waals surface area (Å²) in [7, 11) is 0. The van der Waals surface area contributed by atoms with Crippen LogP contribution in [0, 0.1) is 0 Å². The first kappa shape index (κ1) is 13.8. The zero-order valence-electron chi connectivity index (χ0n) is 11.4. The van der Waals surface area contributed by atoms with Crippen molar-refractivity contribution < 1.29 is 4.79 Å². The maximum absolute atomic E-state index is 12.3. The minimum Gasteiger partial charge on any atom is -0.364 e. The maximum Gasteiger partial charge on any atom is 0.191 e. The number of carbonyl (C=O) groups excluding carboxylic acids is 1. The number of anilines is 1. The molecule has 0 bridgehead atoms. The minimum atomic E-state index is 0.204. The van der Waals surface area contributed by atoms with Gasteiger partial charge in [-0.05, 0) is 37.6 Å². The highest BCUT2D eigenvalue weighted by molar-refractivity contribution is 7.14. The van der Waals surface area contributed by atoms with Crippen molar-refractivity contribution in [2.24, 2.45) is 0 Å². The normalized spacial score (nSPS) is 10.4. The Bertz CT molecular complexity index is 533.